The number of aryl methyl sites for hydroxylation is 1. The standard InChI is InChI=1S/C20H30N2O3/c1-15-7-9-16(10-8-15)24-14-4-12-22-13-11-19(25-20(21)23)17-5-2-3-6-18(17)22/h7-10,17-19H,2-6,11-14H2,1H3,(H2,21,23). The molecule has 0 spiro atoms. The fourth-order valence-electron chi connectivity index (χ4n) is 4.37. The van der Waals surface area contributed by atoms with Crippen molar-refractivity contribution in [3.8, 4) is 5.75 Å². The summed E-state index contributed by atoms with van der Waals surface area (Å²) in [5.74, 6) is 1.38. The number of nitrogens with two attached hydrogens (primary N) is 1. The number of carbonyl (C=O) groups excluding carboxylic acids is 1. The molecule has 3 rings (SSSR count). The first-order valence-electron chi connectivity index (χ1n) is 9.53. The van der Waals surface area contributed by atoms with Crippen LogP contribution in [-0.4, -0.2) is 42.8 Å². The lowest BCUT2D eigenvalue weighted by atomic mass is 9.76. The first kappa shape index (κ1) is 18.1. The monoisotopic (exact) mass is 346 g/mol. The van der Waals surface area contributed by atoms with Crippen LogP contribution in [0, 0.1) is 12.8 Å². The Morgan fingerprint density at radius 1 is 1.20 bits per heavy atom. The van der Waals surface area contributed by atoms with Crippen molar-refractivity contribution in [1.29, 1.82) is 0 Å². The van der Waals surface area contributed by atoms with Crippen molar-refractivity contribution in [2.75, 3.05) is 19.7 Å². The number of fused-ring (bicyclic) bond motifs is 1. The van der Waals surface area contributed by atoms with Gasteiger partial charge in [0.1, 0.15) is 11.9 Å². The zero-order valence-electron chi connectivity index (χ0n) is 15.2. The summed E-state index contributed by atoms with van der Waals surface area (Å²) >= 11 is 0. The minimum Gasteiger partial charge on any atom is -0.494 e. The molecular formula is C20H30N2O3. The van der Waals surface area contributed by atoms with E-state index in [9.17, 15) is 4.79 Å². The van der Waals surface area contributed by atoms with Crippen molar-refractivity contribution in [2.24, 2.45) is 11.7 Å². The zero-order valence-corrected chi connectivity index (χ0v) is 15.2. The van der Waals surface area contributed by atoms with Gasteiger partial charge >= 0.3 is 6.09 Å². The lowest BCUT2D eigenvalue weighted by molar-refractivity contribution is -0.0423. The van der Waals surface area contributed by atoms with Gasteiger partial charge in [0.25, 0.3) is 0 Å². The molecule has 1 aromatic rings. The Balaban J connectivity index is 1.47. The molecule has 3 unspecified atom stereocenters. The fraction of sp³-hybridized carbons (Fsp3) is 0.650. The third-order valence-corrected chi connectivity index (χ3v) is 5.58. The van der Waals surface area contributed by atoms with Gasteiger partial charge in [-0.05, 0) is 44.7 Å². The molecule has 138 valence electrons. The summed E-state index contributed by atoms with van der Waals surface area (Å²) in [4.78, 5) is 13.7. The Kier molecular flexibility index (Phi) is 6.19. The van der Waals surface area contributed by atoms with Gasteiger partial charge in [0, 0.05) is 25.0 Å². The normalized spacial score (nSPS) is 26.7. The quantitative estimate of drug-likeness (QED) is 0.801. The molecule has 1 aromatic carbocycles. The first-order valence-corrected chi connectivity index (χ1v) is 9.53. The van der Waals surface area contributed by atoms with Gasteiger partial charge in [-0.15, -0.1) is 0 Å². The van der Waals surface area contributed by atoms with E-state index < -0.39 is 6.09 Å². The van der Waals surface area contributed by atoms with Crippen LogP contribution in [0.2, 0.25) is 0 Å². The minimum atomic E-state index is -0.630. The maximum atomic E-state index is 11.2. The predicted molar refractivity (Wildman–Crippen MR) is 97.7 cm³/mol. The SMILES string of the molecule is Cc1ccc(OCCCN2CCC(OC(N)=O)C3CCCCC32)cc1. The van der Waals surface area contributed by atoms with Crippen molar-refractivity contribution < 1.29 is 14.3 Å². The van der Waals surface area contributed by atoms with E-state index in [1.807, 2.05) is 12.1 Å². The van der Waals surface area contributed by atoms with Crippen molar-refractivity contribution in [2.45, 2.75) is 57.6 Å². The molecule has 25 heavy (non-hydrogen) atoms. The van der Waals surface area contributed by atoms with E-state index in [2.05, 4.69) is 24.0 Å². The van der Waals surface area contributed by atoms with Gasteiger partial charge in [-0.1, -0.05) is 30.5 Å². The summed E-state index contributed by atoms with van der Waals surface area (Å²) in [5.41, 5.74) is 6.50. The topological polar surface area (TPSA) is 64.8 Å². The molecule has 1 saturated heterocycles. The van der Waals surface area contributed by atoms with Crippen LogP contribution >= 0.6 is 0 Å². The van der Waals surface area contributed by atoms with Crippen molar-refractivity contribution in [3.63, 3.8) is 0 Å². The number of likely N-dealkylation sites (tertiary alicyclic amines) is 1. The van der Waals surface area contributed by atoms with Crippen LogP contribution in [0.25, 0.3) is 0 Å². The van der Waals surface area contributed by atoms with Crippen molar-refractivity contribution in [1.82, 2.24) is 4.90 Å². The largest absolute Gasteiger partial charge is 0.494 e. The van der Waals surface area contributed by atoms with Crippen LogP contribution < -0.4 is 10.5 Å². The second-order valence-electron chi connectivity index (χ2n) is 7.33. The van der Waals surface area contributed by atoms with Gasteiger partial charge in [-0.25, -0.2) is 4.79 Å². The number of nitrogens with zero attached hydrogens (tertiary/aromatic N) is 1. The first-order chi connectivity index (χ1) is 12.1. The molecule has 0 aromatic heterocycles. The number of ether oxygens (including phenoxy) is 2. The lowest BCUT2D eigenvalue weighted by Gasteiger charge is -2.47. The Labute approximate surface area is 150 Å². The molecule has 0 radical (unpaired) electrons. The summed E-state index contributed by atoms with van der Waals surface area (Å²) in [6.07, 6.45) is 6.10. The Morgan fingerprint density at radius 3 is 2.72 bits per heavy atom. The third kappa shape index (κ3) is 4.88. The fourth-order valence-corrected chi connectivity index (χ4v) is 4.37. The molecule has 1 aliphatic carbocycles. The smallest absolute Gasteiger partial charge is 0.404 e. The van der Waals surface area contributed by atoms with E-state index in [1.165, 1.54) is 24.8 Å². The van der Waals surface area contributed by atoms with Crippen molar-refractivity contribution >= 4 is 6.09 Å². The molecule has 1 amide bonds. The molecule has 5 heteroatoms. The number of hydrogen-bond donors (Lipinski definition) is 1. The number of amides is 1. The summed E-state index contributed by atoms with van der Waals surface area (Å²) in [5, 5.41) is 0. The van der Waals surface area contributed by atoms with Gasteiger partial charge in [0.2, 0.25) is 0 Å². The summed E-state index contributed by atoms with van der Waals surface area (Å²) in [6, 6.07) is 8.72. The van der Waals surface area contributed by atoms with Crippen LogP contribution in [0.15, 0.2) is 24.3 Å². The minimum absolute atomic E-state index is 0.00265. The number of benzene rings is 1. The van der Waals surface area contributed by atoms with Crippen LogP contribution in [0.4, 0.5) is 4.79 Å². The van der Waals surface area contributed by atoms with Crippen LogP contribution in [0.1, 0.15) is 44.1 Å². The van der Waals surface area contributed by atoms with Crippen molar-refractivity contribution in [3.05, 3.63) is 29.8 Å². The number of carbonyl (C=O) groups is 1. The van der Waals surface area contributed by atoms with Gasteiger partial charge in [-0.2, -0.15) is 0 Å². The van der Waals surface area contributed by atoms with Gasteiger partial charge in [-0.3, -0.25) is 4.90 Å². The van der Waals surface area contributed by atoms with E-state index in [1.54, 1.807) is 0 Å². The maximum absolute atomic E-state index is 11.2. The second kappa shape index (κ2) is 8.56. The lowest BCUT2D eigenvalue weighted by Crippen LogP contribution is -2.54. The summed E-state index contributed by atoms with van der Waals surface area (Å²) in [7, 11) is 0. The highest BCUT2D eigenvalue weighted by Crippen LogP contribution is 2.37. The zero-order chi connectivity index (χ0) is 17.6. The van der Waals surface area contributed by atoms with E-state index in [0.29, 0.717) is 12.0 Å². The molecule has 2 aliphatic rings. The second-order valence-corrected chi connectivity index (χ2v) is 7.33. The molecule has 3 atom stereocenters. The average molecular weight is 346 g/mol. The van der Waals surface area contributed by atoms with Gasteiger partial charge in [0.05, 0.1) is 6.61 Å². The highest BCUT2D eigenvalue weighted by Gasteiger charge is 2.40. The average Bonchev–Trinajstić information content (AvgIpc) is 2.61. The van der Waals surface area contributed by atoms with E-state index in [4.69, 9.17) is 15.2 Å². The molecule has 2 fully saturated rings. The molecule has 0 bridgehead atoms. The van der Waals surface area contributed by atoms with Crippen LogP contribution in [0.5, 0.6) is 5.75 Å². The number of hydrogen-bond acceptors (Lipinski definition) is 4. The van der Waals surface area contributed by atoms with Crippen LogP contribution in [-0.2, 0) is 4.74 Å². The highest BCUT2D eigenvalue weighted by molar-refractivity contribution is 5.64. The molecule has 1 heterocycles. The summed E-state index contributed by atoms with van der Waals surface area (Å²) in [6.45, 7) is 4.83. The number of piperidine rings is 1. The number of rotatable bonds is 6. The third-order valence-electron chi connectivity index (χ3n) is 5.58. The maximum Gasteiger partial charge on any atom is 0.404 e. The number of primary amides is 1. The highest BCUT2D eigenvalue weighted by atomic mass is 16.6. The molecule has 1 saturated carbocycles. The molecule has 5 nitrogen and oxygen atoms in total. The summed E-state index contributed by atoms with van der Waals surface area (Å²) < 4.78 is 11.2. The molecule has 1 aliphatic heterocycles. The molecule has 2 N–H and O–H groups in total. The predicted octanol–water partition coefficient (Wildman–Crippen LogP) is 3.49. The van der Waals surface area contributed by atoms with E-state index >= 15 is 0 Å². The van der Waals surface area contributed by atoms with Gasteiger partial charge in [0.15, 0.2) is 0 Å². The Morgan fingerprint density at radius 2 is 1.96 bits per heavy atom. The Bertz CT molecular complexity index is 561. The Hall–Kier alpha value is -1.75. The van der Waals surface area contributed by atoms with Gasteiger partial charge < -0.3 is 15.2 Å². The van der Waals surface area contributed by atoms with E-state index in [-0.39, 0.29) is 6.10 Å². The molecular weight excluding hydrogens is 316 g/mol. The van der Waals surface area contributed by atoms with Crippen LogP contribution in [0.3, 0.4) is 0 Å². The van der Waals surface area contributed by atoms with E-state index in [0.717, 1.165) is 44.7 Å².